The molecule has 1 unspecified atom stereocenters. The van der Waals surface area contributed by atoms with Gasteiger partial charge in [-0.3, -0.25) is 14.5 Å². The van der Waals surface area contributed by atoms with E-state index in [-0.39, 0.29) is 53.1 Å². The minimum absolute atomic E-state index is 0.00404. The van der Waals surface area contributed by atoms with Crippen LogP contribution in [-0.4, -0.2) is 67.5 Å². The Labute approximate surface area is 185 Å². The van der Waals surface area contributed by atoms with Crippen molar-refractivity contribution in [2.24, 2.45) is 0 Å². The Morgan fingerprint density at radius 2 is 2.00 bits per heavy atom. The van der Waals surface area contributed by atoms with Crippen LogP contribution in [0.3, 0.4) is 0 Å². The fraction of sp³-hybridized carbons (Fsp3) is 0.524. The van der Waals surface area contributed by atoms with E-state index < -0.39 is 11.9 Å². The van der Waals surface area contributed by atoms with E-state index in [1.165, 1.54) is 13.0 Å². The molecule has 0 aromatic carbocycles. The molecule has 0 saturated carbocycles. The smallest absolute Gasteiger partial charge is 0.348 e. The van der Waals surface area contributed by atoms with Gasteiger partial charge in [-0.2, -0.15) is 0 Å². The second-order valence-electron chi connectivity index (χ2n) is 7.19. The number of carbonyl (C=O) groups is 4. The lowest BCUT2D eigenvalue weighted by atomic mass is 10.1. The van der Waals surface area contributed by atoms with Gasteiger partial charge < -0.3 is 20.1 Å². The first-order valence-electron chi connectivity index (χ1n) is 10.1. The van der Waals surface area contributed by atoms with E-state index in [2.05, 4.69) is 17.2 Å². The van der Waals surface area contributed by atoms with Gasteiger partial charge in [-0.1, -0.05) is 12.7 Å². The SMILES string of the molecule is C=CCOC(=O)c1sc(NC(=O)CN2CCCC(NC(C)=O)C2)c(C(=O)OCC)c1C. The molecule has 2 heterocycles. The summed E-state index contributed by atoms with van der Waals surface area (Å²) in [6.07, 6.45) is 3.18. The largest absolute Gasteiger partial charge is 0.462 e. The van der Waals surface area contributed by atoms with Crippen LogP contribution < -0.4 is 10.6 Å². The molecule has 31 heavy (non-hydrogen) atoms. The zero-order chi connectivity index (χ0) is 23.0. The number of thiophene rings is 1. The number of nitrogens with zero attached hydrogens (tertiary/aromatic N) is 1. The number of ether oxygens (including phenoxy) is 2. The quantitative estimate of drug-likeness (QED) is 0.437. The number of hydrogen-bond acceptors (Lipinski definition) is 8. The molecular formula is C21H29N3O6S. The third-order valence-electron chi connectivity index (χ3n) is 4.68. The number of likely N-dealkylation sites (tertiary alicyclic amines) is 1. The lowest BCUT2D eigenvalue weighted by molar-refractivity contribution is -0.120. The summed E-state index contributed by atoms with van der Waals surface area (Å²) in [4.78, 5) is 51.0. The summed E-state index contributed by atoms with van der Waals surface area (Å²) in [6, 6.07) is 0.00404. The minimum Gasteiger partial charge on any atom is -0.462 e. The normalized spacial score (nSPS) is 16.3. The summed E-state index contributed by atoms with van der Waals surface area (Å²) in [5.74, 6) is -1.62. The molecule has 1 aliphatic rings. The van der Waals surface area contributed by atoms with Crippen LogP contribution >= 0.6 is 11.3 Å². The molecule has 170 valence electrons. The second-order valence-corrected chi connectivity index (χ2v) is 8.21. The maximum atomic E-state index is 12.7. The van der Waals surface area contributed by atoms with E-state index in [1.807, 2.05) is 4.90 Å². The maximum Gasteiger partial charge on any atom is 0.348 e. The van der Waals surface area contributed by atoms with E-state index in [0.29, 0.717) is 12.1 Å². The molecule has 1 atom stereocenters. The summed E-state index contributed by atoms with van der Waals surface area (Å²) in [7, 11) is 0. The number of esters is 2. The third kappa shape index (κ3) is 6.90. The molecule has 10 heteroatoms. The summed E-state index contributed by atoms with van der Waals surface area (Å²) in [5, 5.41) is 5.88. The van der Waals surface area contributed by atoms with Crippen LogP contribution in [0.5, 0.6) is 0 Å². The summed E-state index contributed by atoms with van der Waals surface area (Å²) >= 11 is 0.981. The predicted octanol–water partition coefficient (Wildman–Crippen LogP) is 2.12. The van der Waals surface area contributed by atoms with Crippen LogP contribution in [0.2, 0.25) is 0 Å². The molecule has 1 aromatic heterocycles. The first kappa shape index (κ1) is 24.5. The van der Waals surface area contributed by atoms with Crippen molar-refractivity contribution in [2.45, 2.75) is 39.7 Å². The van der Waals surface area contributed by atoms with Gasteiger partial charge in [0.25, 0.3) is 0 Å². The first-order valence-corrected chi connectivity index (χ1v) is 11.0. The first-order chi connectivity index (χ1) is 14.8. The average molecular weight is 452 g/mol. The molecule has 1 saturated heterocycles. The highest BCUT2D eigenvalue weighted by Gasteiger charge is 2.28. The van der Waals surface area contributed by atoms with E-state index >= 15 is 0 Å². The Morgan fingerprint density at radius 3 is 2.65 bits per heavy atom. The van der Waals surface area contributed by atoms with Gasteiger partial charge >= 0.3 is 11.9 Å². The van der Waals surface area contributed by atoms with Crippen molar-refractivity contribution in [3.63, 3.8) is 0 Å². The second kappa shape index (κ2) is 11.6. The van der Waals surface area contributed by atoms with Crippen LogP contribution in [-0.2, 0) is 19.1 Å². The zero-order valence-corrected chi connectivity index (χ0v) is 18.9. The van der Waals surface area contributed by atoms with Crippen molar-refractivity contribution in [2.75, 3.05) is 38.2 Å². The van der Waals surface area contributed by atoms with Gasteiger partial charge in [0.05, 0.1) is 18.7 Å². The maximum absolute atomic E-state index is 12.7. The van der Waals surface area contributed by atoms with Crippen molar-refractivity contribution in [3.8, 4) is 0 Å². The molecular weight excluding hydrogens is 422 g/mol. The Bertz CT molecular complexity index is 850. The molecule has 2 rings (SSSR count). The highest BCUT2D eigenvalue weighted by Crippen LogP contribution is 2.34. The van der Waals surface area contributed by atoms with Crippen LogP contribution in [0.4, 0.5) is 5.00 Å². The van der Waals surface area contributed by atoms with E-state index in [9.17, 15) is 19.2 Å². The highest BCUT2D eigenvalue weighted by atomic mass is 32.1. The van der Waals surface area contributed by atoms with E-state index in [0.717, 1.165) is 30.7 Å². The molecule has 1 fully saturated rings. The molecule has 0 bridgehead atoms. The number of piperidine rings is 1. The fourth-order valence-electron chi connectivity index (χ4n) is 3.42. The van der Waals surface area contributed by atoms with Gasteiger partial charge in [0.2, 0.25) is 11.8 Å². The lowest BCUT2D eigenvalue weighted by Gasteiger charge is -2.32. The van der Waals surface area contributed by atoms with Gasteiger partial charge in [0, 0.05) is 19.5 Å². The van der Waals surface area contributed by atoms with E-state index in [1.54, 1.807) is 13.8 Å². The molecule has 2 N–H and O–H groups in total. The lowest BCUT2D eigenvalue weighted by Crippen LogP contribution is -2.49. The molecule has 0 radical (unpaired) electrons. The molecule has 1 aliphatic heterocycles. The molecule has 9 nitrogen and oxygen atoms in total. The van der Waals surface area contributed by atoms with Crippen LogP contribution in [0.1, 0.15) is 52.3 Å². The Kier molecular flexibility index (Phi) is 9.20. The average Bonchev–Trinajstić information content (AvgIpc) is 3.01. The topological polar surface area (TPSA) is 114 Å². The van der Waals surface area contributed by atoms with Gasteiger partial charge in [-0.25, -0.2) is 9.59 Å². The van der Waals surface area contributed by atoms with Crippen molar-refractivity contribution in [3.05, 3.63) is 28.7 Å². The monoisotopic (exact) mass is 451 g/mol. The molecule has 2 amide bonds. The summed E-state index contributed by atoms with van der Waals surface area (Å²) in [6.45, 7) is 9.88. The number of rotatable bonds is 9. The Morgan fingerprint density at radius 1 is 1.26 bits per heavy atom. The standard InChI is InChI=1S/C21H29N3O6S/c1-5-10-30-21(28)18-13(3)17(20(27)29-6-2)19(31-18)23-16(26)12-24-9-7-8-15(11-24)22-14(4)25/h5,15H,1,6-12H2,2-4H3,(H,22,25)(H,23,26). The van der Waals surface area contributed by atoms with Gasteiger partial charge in [-0.15, -0.1) is 11.3 Å². The number of amides is 2. The predicted molar refractivity (Wildman–Crippen MR) is 117 cm³/mol. The number of carbonyl (C=O) groups excluding carboxylic acids is 4. The third-order valence-corrected chi connectivity index (χ3v) is 5.86. The Hall–Kier alpha value is -2.72. The van der Waals surface area contributed by atoms with Gasteiger partial charge in [-0.05, 0) is 38.8 Å². The summed E-state index contributed by atoms with van der Waals surface area (Å²) in [5.41, 5.74) is 0.553. The van der Waals surface area contributed by atoms with Crippen molar-refractivity contribution in [1.29, 1.82) is 0 Å². The minimum atomic E-state index is -0.613. The van der Waals surface area contributed by atoms with Crippen molar-refractivity contribution >= 4 is 40.1 Å². The molecule has 1 aromatic rings. The number of hydrogen-bond donors (Lipinski definition) is 2. The van der Waals surface area contributed by atoms with Crippen LogP contribution in [0, 0.1) is 6.92 Å². The zero-order valence-electron chi connectivity index (χ0n) is 18.1. The van der Waals surface area contributed by atoms with Crippen molar-refractivity contribution < 1.29 is 28.7 Å². The van der Waals surface area contributed by atoms with E-state index in [4.69, 9.17) is 9.47 Å². The highest BCUT2D eigenvalue weighted by molar-refractivity contribution is 7.18. The fourth-order valence-corrected chi connectivity index (χ4v) is 4.52. The van der Waals surface area contributed by atoms with Crippen LogP contribution in [0.15, 0.2) is 12.7 Å². The Balaban J connectivity index is 2.15. The molecule has 0 aliphatic carbocycles. The van der Waals surface area contributed by atoms with Gasteiger partial charge in [0.1, 0.15) is 16.5 Å². The molecule has 0 spiro atoms. The van der Waals surface area contributed by atoms with Gasteiger partial charge in [0.15, 0.2) is 0 Å². The number of nitrogens with one attached hydrogen (secondary N) is 2. The summed E-state index contributed by atoms with van der Waals surface area (Å²) < 4.78 is 10.2. The number of anilines is 1. The van der Waals surface area contributed by atoms with Crippen molar-refractivity contribution in [1.82, 2.24) is 10.2 Å². The van der Waals surface area contributed by atoms with Crippen LogP contribution in [0.25, 0.3) is 0 Å².